The summed E-state index contributed by atoms with van der Waals surface area (Å²) in [5.74, 6) is -0.0558. The van der Waals surface area contributed by atoms with E-state index in [1.807, 2.05) is 55.4 Å². The Morgan fingerprint density at radius 2 is 1.73 bits per heavy atom. The van der Waals surface area contributed by atoms with Crippen LogP contribution in [0.1, 0.15) is 15.9 Å². The third kappa shape index (κ3) is 3.73. The molecule has 0 aliphatic heterocycles. The van der Waals surface area contributed by atoms with E-state index in [0.717, 1.165) is 11.3 Å². The summed E-state index contributed by atoms with van der Waals surface area (Å²) in [5.41, 5.74) is 2.46. The number of halogens is 2. The van der Waals surface area contributed by atoms with Gasteiger partial charge in [0.05, 0.1) is 10.0 Å². The van der Waals surface area contributed by atoms with Gasteiger partial charge in [-0.25, -0.2) is 0 Å². The van der Waals surface area contributed by atoms with Crippen molar-refractivity contribution >= 4 is 34.8 Å². The number of nitrogens with zero attached hydrogens (tertiary/aromatic N) is 2. The second-order valence-corrected chi connectivity index (χ2v) is 6.10. The molecule has 0 radical (unpaired) electrons. The lowest BCUT2D eigenvalue weighted by molar-refractivity contribution is 0.0785. The maximum Gasteiger partial charge on any atom is 0.253 e. The van der Waals surface area contributed by atoms with Crippen LogP contribution in [-0.2, 0) is 6.54 Å². The molecule has 2 rings (SSSR count). The fraction of sp³-hybridized carbons (Fsp3) is 0.235. The van der Waals surface area contributed by atoms with Crippen molar-refractivity contribution in [2.75, 3.05) is 26.0 Å². The zero-order valence-corrected chi connectivity index (χ0v) is 14.3. The average Bonchev–Trinajstić information content (AvgIpc) is 2.51. The SMILES string of the molecule is CN(Cc1cccc(Cl)c1Cl)C(=O)c1cccc(N(C)C)c1. The zero-order chi connectivity index (χ0) is 16.3. The van der Waals surface area contributed by atoms with Gasteiger partial charge in [-0.3, -0.25) is 4.79 Å². The fourth-order valence-electron chi connectivity index (χ4n) is 2.14. The molecule has 2 aromatic rings. The van der Waals surface area contributed by atoms with Gasteiger partial charge in [0.1, 0.15) is 0 Å². The summed E-state index contributed by atoms with van der Waals surface area (Å²) in [6.45, 7) is 0.407. The first kappa shape index (κ1) is 16.7. The number of rotatable bonds is 4. The van der Waals surface area contributed by atoms with Gasteiger partial charge in [0, 0.05) is 38.9 Å². The van der Waals surface area contributed by atoms with Crippen molar-refractivity contribution in [3.63, 3.8) is 0 Å². The Morgan fingerprint density at radius 3 is 2.41 bits per heavy atom. The topological polar surface area (TPSA) is 23.6 Å². The molecule has 0 unspecified atom stereocenters. The Bertz CT molecular complexity index is 686. The molecule has 0 atom stereocenters. The van der Waals surface area contributed by atoms with Crippen LogP contribution in [0, 0.1) is 0 Å². The van der Waals surface area contributed by atoms with Crippen LogP contribution < -0.4 is 4.90 Å². The van der Waals surface area contributed by atoms with Gasteiger partial charge in [-0.05, 0) is 29.8 Å². The number of hydrogen-bond acceptors (Lipinski definition) is 2. The summed E-state index contributed by atoms with van der Waals surface area (Å²) < 4.78 is 0. The minimum Gasteiger partial charge on any atom is -0.378 e. The van der Waals surface area contributed by atoms with Gasteiger partial charge in [-0.15, -0.1) is 0 Å². The quantitative estimate of drug-likeness (QED) is 0.829. The van der Waals surface area contributed by atoms with Crippen LogP contribution in [0.4, 0.5) is 5.69 Å². The largest absolute Gasteiger partial charge is 0.378 e. The third-order valence-corrected chi connectivity index (χ3v) is 4.25. The van der Waals surface area contributed by atoms with Crippen molar-refractivity contribution in [2.45, 2.75) is 6.54 Å². The maximum absolute atomic E-state index is 12.6. The fourth-order valence-corrected chi connectivity index (χ4v) is 2.52. The molecule has 3 nitrogen and oxygen atoms in total. The molecule has 22 heavy (non-hydrogen) atoms. The first-order chi connectivity index (χ1) is 10.4. The summed E-state index contributed by atoms with van der Waals surface area (Å²) in [6, 6.07) is 13.0. The first-order valence-corrected chi connectivity index (χ1v) is 7.61. The second kappa shape index (κ2) is 7.03. The summed E-state index contributed by atoms with van der Waals surface area (Å²) in [4.78, 5) is 16.1. The van der Waals surface area contributed by atoms with Gasteiger partial charge in [0.2, 0.25) is 0 Å². The van der Waals surface area contributed by atoms with Crippen LogP contribution >= 0.6 is 23.2 Å². The number of anilines is 1. The van der Waals surface area contributed by atoms with E-state index < -0.39 is 0 Å². The minimum absolute atomic E-state index is 0.0558. The Labute approximate surface area is 141 Å². The van der Waals surface area contributed by atoms with Gasteiger partial charge in [0.15, 0.2) is 0 Å². The molecular weight excluding hydrogens is 319 g/mol. The Hall–Kier alpha value is -1.71. The molecule has 2 aromatic carbocycles. The lowest BCUT2D eigenvalue weighted by atomic mass is 10.1. The molecule has 0 heterocycles. The van der Waals surface area contributed by atoms with Crippen LogP contribution in [0.5, 0.6) is 0 Å². The van der Waals surface area contributed by atoms with Crippen molar-refractivity contribution in [1.29, 1.82) is 0 Å². The molecule has 0 aliphatic rings. The highest BCUT2D eigenvalue weighted by Gasteiger charge is 2.15. The van der Waals surface area contributed by atoms with E-state index in [1.165, 1.54) is 0 Å². The Kier molecular flexibility index (Phi) is 5.33. The second-order valence-electron chi connectivity index (χ2n) is 5.32. The molecule has 5 heteroatoms. The predicted octanol–water partition coefficient (Wildman–Crippen LogP) is 4.33. The van der Waals surface area contributed by atoms with Crippen molar-refractivity contribution < 1.29 is 4.79 Å². The lowest BCUT2D eigenvalue weighted by Crippen LogP contribution is -2.26. The van der Waals surface area contributed by atoms with Crippen LogP contribution in [0.3, 0.4) is 0 Å². The number of hydrogen-bond donors (Lipinski definition) is 0. The monoisotopic (exact) mass is 336 g/mol. The molecule has 1 amide bonds. The highest BCUT2D eigenvalue weighted by Crippen LogP contribution is 2.26. The number of carbonyl (C=O) groups is 1. The van der Waals surface area contributed by atoms with E-state index >= 15 is 0 Å². The highest BCUT2D eigenvalue weighted by atomic mass is 35.5. The van der Waals surface area contributed by atoms with Gasteiger partial charge in [0.25, 0.3) is 5.91 Å². The van der Waals surface area contributed by atoms with Crippen LogP contribution in [0.2, 0.25) is 10.0 Å². The highest BCUT2D eigenvalue weighted by molar-refractivity contribution is 6.42. The average molecular weight is 337 g/mol. The molecule has 0 aliphatic carbocycles. The molecule has 0 fully saturated rings. The van der Waals surface area contributed by atoms with E-state index in [9.17, 15) is 4.79 Å². The van der Waals surface area contributed by atoms with Crippen molar-refractivity contribution in [3.8, 4) is 0 Å². The minimum atomic E-state index is -0.0558. The summed E-state index contributed by atoms with van der Waals surface area (Å²) in [6.07, 6.45) is 0. The maximum atomic E-state index is 12.6. The van der Waals surface area contributed by atoms with E-state index in [-0.39, 0.29) is 5.91 Å². The normalized spacial score (nSPS) is 10.4. The van der Waals surface area contributed by atoms with E-state index in [2.05, 4.69) is 0 Å². The molecular formula is C17H18Cl2N2O. The number of amides is 1. The predicted molar refractivity (Wildman–Crippen MR) is 93.0 cm³/mol. The van der Waals surface area contributed by atoms with E-state index in [0.29, 0.717) is 22.2 Å². The Morgan fingerprint density at radius 1 is 1.05 bits per heavy atom. The van der Waals surface area contributed by atoms with Crippen molar-refractivity contribution in [1.82, 2.24) is 4.90 Å². The molecule has 0 bridgehead atoms. The molecule has 0 N–H and O–H groups in total. The summed E-state index contributed by atoms with van der Waals surface area (Å²) in [7, 11) is 5.64. The van der Waals surface area contributed by atoms with E-state index in [1.54, 1.807) is 18.0 Å². The number of benzene rings is 2. The number of carbonyl (C=O) groups excluding carboxylic acids is 1. The smallest absolute Gasteiger partial charge is 0.253 e. The van der Waals surface area contributed by atoms with Gasteiger partial charge < -0.3 is 9.80 Å². The Balaban J connectivity index is 2.19. The van der Waals surface area contributed by atoms with Gasteiger partial charge in [-0.2, -0.15) is 0 Å². The molecule has 116 valence electrons. The molecule has 0 aromatic heterocycles. The van der Waals surface area contributed by atoms with Crippen LogP contribution in [0.15, 0.2) is 42.5 Å². The molecule has 0 saturated carbocycles. The van der Waals surface area contributed by atoms with Gasteiger partial charge >= 0.3 is 0 Å². The molecule has 0 saturated heterocycles. The standard InChI is InChI=1S/C17H18Cl2N2O/c1-20(2)14-8-4-6-12(10-14)17(22)21(3)11-13-7-5-9-15(18)16(13)19/h4-10H,11H2,1-3H3. The van der Waals surface area contributed by atoms with Gasteiger partial charge in [-0.1, -0.05) is 41.4 Å². The van der Waals surface area contributed by atoms with Crippen molar-refractivity contribution in [2.24, 2.45) is 0 Å². The van der Waals surface area contributed by atoms with E-state index in [4.69, 9.17) is 23.2 Å². The lowest BCUT2D eigenvalue weighted by Gasteiger charge is -2.20. The van der Waals surface area contributed by atoms with Crippen LogP contribution in [0.25, 0.3) is 0 Å². The molecule has 0 spiro atoms. The third-order valence-electron chi connectivity index (χ3n) is 3.40. The first-order valence-electron chi connectivity index (χ1n) is 6.86. The summed E-state index contributed by atoms with van der Waals surface area (Å²) in [5, 5.41) is 0.987. The summed E-state index contributed by atoms with van der Waals surface area (Å²) >= 11 is 12.2. The zero-order valence-electron chi connectivity index (χ0n) is 12.8. The van der Waals surface area contributed by atoms with Crippen LogP contribution in [-0.4, -0.2) is 32.0 Å². The van der Waals surface area contributed by atoms with Crippen molar-refractivity contribution in [3.05, 3.63) is 63.6 Å².